The molecule has 0 spiro atoms. The zero-order chi connectivity index (χ0) is 13.8. The van der Waals surface area contributed by atoms with E-state index in [9.17, 15) is 0 Å². The zero-order valence-corrected chi connectivity index (χ0v) is 12.9. The maximum Gasteiger partial charge on any atom is 0.170 e. The lowest BCUT2D eigenvalue weighted by molar-refractivity contribution is 0.332. The summed E-state index contributed by atoms with van der Waals surface area (Å²) in [6.07, 6.45) is 5.08. The van der Waals surface area contributed by atoms with Crippen molar-refractivity contribution in [3.05, 3.63) is 29.3 Å². The molecule has 0 heterocycles. The number of hydrogen-bond acceptors (Lipinski definition) is 1. The summed E-state index contributed by atoms with van der Waals surface area (Å²) in [6, 6.07) is 6.90. The summed E-state index contributed by atoms with van der Waals surface area (Å²) in [5.74, 6) is 0.874. The van der Waals surface area contributed by atoms with Crippen LogP contribution in [0, 0.1) is 19.8 Å². The van der Waals surface area contributed by atoms with E-state index in [1.807, 2.05) is 0 Å². The largest absolute Gasteiger partial charge is 0.360 e. The Hall–Kier alpha value is -1.09. The third-order valence-electron chi connectivity index (χ3n) is 4.12. The second-order valence-electron chi connectivity index (χ2n) is 5.85. The van der Waals surface area contributed by atoms with Crippen LogP contribution in [0.25, 0.3) is 0 Å². The summed E-state index contributed by atoms with van der Waals surface area (Å²) in [7, 11) is 0. The second kappa shape index (κ2) is 6.38. The van der Waals surface area contributed by atoms with E-state index in [2.05, 4.69) is 49.6 Å². The van der Waals surface area contributed by atoms with Crippen molar-refractivity contribution in [3.63, 3.8) is 0 Å². The van der Waals surface area contributed by atoms with Crippen molar-refractivity contribution in [2.75, 3.05) is 5.32 Å². The summed E-state index contributed by atoms with van der Waals surface area (Å²) >= 11 is 5.40. The van der Waals surface area contributed by atoms with Gasteiger partial charge in [0.1, 0.15) is 0 Å². The number of nitrogens with one attached hydrogen (secondary N) is 2. The van der Waals surface area contributed by atoms with E-state index < -0.39 is 0 Å². The van der Waals surface area contributed by atoms with Gasteiger partial charge in [0.05, 0.1) is 0 Å². The summed E-state index contributed by atoms with van der Waals surface area (Å²) in [5.41, 5.74) is 3.68. The number of rotatable bonds is 2. The van der Waals surface area contributed by atoms with Gasteiger partial charge in [0.25, 0.3) is 0 Å². The Morgan fingerprint density at radius 1 is 1.11 bits per heavy atom. The molecule has 0 amide bonds. The lowest BCUT2D eigenvalue weighted by atomic mass is 9.87. The topological polar surface area (TPSA) is 24.1 Å². The molecule has 1 fully saturated rings. The van der Waals surface area contributed by atoms with Gasteiger partial charge in [-0.15, -0.1) is 0 Å². The maximum atomic E-state index is 5.40. The smallest absolute Gasteiger partial charge is 0.170 e. The molecule has 0 radical (unpaired) electrons. The fraction of sp³-hybridized carbons (Fsp3) is 0.562. The molecule has 1 aromatic rings. The van der Waals surface area contributed by atoms with Crippen molar-refractivity contribution in [2.24, 2.45) is 5.92 Å². The molecule has 2 N–H and O–H groups in total. The van der Waals surface area contributed by atoms with Gasteiger partial charge in [0.15, 0.2) is 5.11 Å². The minimum Gasteiger partial charge on any atom is -0.360 e. The standard InChI is InChI=1S/C16H24N2S/c1-11-4-7-14(8-5-11)17-16(19)18-15-9-6-12(2)13(3)10-15/h6,9-11,14H,4-5,7-8H2,1-3H3,(H2,17,18,19). The maximum absolute atomic E-state index is 5.40. The van der Waals surface area contributed by atoms with E-state index in [1.54, 1.807) is 0 Å². The Bertz CT molecular complexity index is 448. The first-order valence-corrected chi connectivity index (χ1v) is 7.60. The predicted molar refractivity (Wildman–Crippen MR) is 86.7 cm³/mol. The molecule has 2 nitrogen and oxygen atoms in total. The number of aryl methyl sites for hydroxylation is 2. The highest BCUT2D eigenvalue weighted by Crippen LogP contribution is 2.23. The molecule has 0 saturated heterocycles. The monoisotopic (exact) mass is 276 g/mol. The van der Waals surface area contributed by atoms with Gasteiger partial charge in [-0.05, 0) is 80.9 Å². The molecule has 0 bridgehead atoms. The molecule has 0 unspecified atom stereocenters. The van der Waals surface area contributed by atoms with Crippen LogP contribution < -0.4 is 10.6 Å². The first kappa shape index (κ1) is 14.3. The fourth-order valence-electron chi connectivity index (χ4n) is 2.58. The molecule has 2 rings (SSSR count). The van der Waals surface area contributed by atoms with Crippen LogP contribution >= 0.6 is 12.2 Å². The summed E-state index contributed by atoms with van der Waals surface area (Å²) in [5, 5.41) is 7.48. The Labute approximate surface area is 122 Å². The average molecular weight is 276 g/mol. The molecule has 0 aliphatic heterocycles. The van der Waals surface area contributed by atoms with E-state index in [-0.39, 0.29) is 0 Å². The van der Waals surface area contributed by atoms with Crippen LogP contribution in [0.15, 0.2) is 18.2 Å². The molecule has 1 aromatic carbocycles. The van der Waals surface area contributed by atoms with E-state index in [0.29, 0.717) is 6.04 Å². The predicted octanol–water partition coefficient (Wildman–Crippen LogP) is 4.17. The van der Waals surface area contributed by atoms with E-state index in [1.165, 1.54) is 36.8 Å². The molecule has 1 aliphatic carbocycles. The van der Waals surface area contributed by atoms with Gasteiger partial charge in [-0.3, -0.25) is 0 Å². The van der Waals surface area contributed by atoms with E-state index >= 15 is 0 Å². The highest BCUT2D eigenvalue weighted by molar-refractivity contribution is 7.80. The first-order valence-electron chi connectivity index (χ1n) is 7.19. The Kier molecular flexibility index (Phi) is 4.81. The van der Waals surface area contributed by atoms with Crippen molar-refractivity contribution >= 4 is 23.0 Å². The zero-order valence-electron chi connectivity index (χ0n) is 12.1. The molecule has 104 valence electrons. The van der Waals surface area contributed by atoms with E-state index in [4.69, 9.17) is 12.2 Å². The number of thiocarbonyl (C=S) groups is 1. The quantitative estimate of drug-likeness (QED) is 0.793. The van der Waals surface area contributed by atoms with Crippen LogP contribution in [0.2, 0.25) is 0 Å². The van der Waals surface area contributed by atoms with Crippen LogP contribution in [-0.2, 0) is 0 Å². The highest BCUT2D eigenvalue weighted by Gasteiger charge is 2.18. The third kappa shape index (κ3) is 4.20. The van der Waals surface area contributed by atoms with Crippen molar-refractivity contribution in [1.82, 2.24) is 5.32 Å². The van der Waals surface area contributed by atoms with Gasteiger partial charge in [-0.1, -0.05) is 13.0 Å². The molecular formula is C16H24N2S. The highest BCUT2D eigenvalue weighted by atomic mass is 32.1. The second-order valence-corrected chi connectivity index (χ2v) is 6.26. The van der Waals surface area contributed by atoms with Crippen molar-refractivity contribution in [2.45, 2.75) is 52.5 Å². The lowest BCUT2D eigenvalue weighted by Crippen LogP contribution is -2.39. The van der Waals surface area contributed by atoms with Gasteiger partial charge in [0.2, 0.25) is 0 Å². The van der Waals surface area contributed by atoms with Crippen LogP contribution in [0.3, 0.4) is 0 Å². The summed E-state index contributed by atoms with van der Waals surface area (Å²) in [6.45, 7) is 6.58. The molecular weight excluding hydrogens is 252 g/mol. The van der Waals surface area contributed by atoms with Crippen molar-refractivity contribution in [3.8, 4) is 0 Å². The van der Waals surface area contributed by atoms with Gasteiger partial charge < -0.3 is 10.6 Å². The lowest BCUT2D eigenvalue weighted by Gasteiger charge is -2.28. The van der Waals surface area contributed by atoms with Gasteiger partial charge in [-0.25, -0.2) is 0 Å². The number of anilines is 1. The minimum absolute atomic E-state index is 0.544. The van der Waals surface area contributed by atoms with Gasteiger partial charge in [-0.2, -0.15) is 0 Å². The molecule has 1 saturated carbocycles. The van der Waals surface area contributed by atoms with Crippen molar-refractivity contribution < 1.29 is 0 Å². The summed E-state index contributed by atoms with van der Waals surface area (Å²) in [4.78, 5) is 0. The SMILES string of the molecule is Cc1ccc(NC(=S)NC2CCC(C)CC2)cc1C. The first-order chi connectivity index (χ1) is 9.04. The Balaban J connectivity index is 1.85. The van der Waals surface area contributed by atoms with Crippen LogP contribution in [0.5, 0.6) is 0 Å². The third-order valence-corrected chi connectivity index (χ3v) is 4.34. The van der Waals surface area contributed by atoms with Crippen LogP contribution in [0.4, 0.5) is 5.69 Å². The molecule has 0 atom stereocenters. The fourth-order valence-corrected chi connectivity index (χ4v) is 2.86. The summed E-state index contributed by atoms with van der Waals surface area (Å²) < 4.78 is 0. The van der Waals surface area contributed by atoms with Crippen molar-refractivity contribution in [1.29, 1.82) is 0 Å². The Morgan fingerprint density at radius 3 is 2.42 bits per heavy atom. The average Bonchev–Trinajstić information content (AvgIpc) is 2.37. The van der Waals surface area contributed by atoms with Crippen LogP contribution in [0.1, 0.15) is 43.7 Å². The molecule has 3 heteroatoms. The minimum atomic E-state index is 0.544. The number of hydrogen-bond donors (Lipinski definition) is 2. The van der Waals surface area contributed by atoms with Gasteiger partial charge in [0, 0.05) is 11.7 Å². The normalized spacial score (nSPS) is 22.9. The van der Waals surface area contributed by atoms with E-state index in [0.717, 1.165) is 16.7 Å². The van der Waals surface area contributed by atoms with Crippen LogP contribution in [-0.4, -0.2) is 11.2 Å². The molecule has 1 aliphatic rings. The Morgan fingerprint density at radius 2 is 1.79 bits per heavy atom. The number of benzene rings is 1. The van der Waals surface area contributed by atoms with Gasteiger partial charge >= 0.3 is 0 Å². The molecule has 19 heavy (non-hydrogen) atoms. The molecule has 0 aromatic heterocycles.